The van der Waals surface area contributed by atoms with Gasteiger partial charge in [-0.2, -0.15) is 5.10 Å². The van der Waals surface area contributed by atoms with Crippen LogP contribution in [0.25, 0.3) is 10.9 Å². The predicted molar refractivity (Wildman–Crippen MR) is 94.6 cm³/mol. The average molecular weight is 338 g/mol. The van der Waals surface area contributed by atoms with Crippen LogP contribution in [0.4, 0.5) is 5.69 Å². The van der Waals surface area contributed by atoms with Crippen LogP contribution in [0.15, 0.2) is 48.5 Å². The maximum atomic E-state index is 11.4. The zero-order chi connectivity index (χ0) is 17.8. The fourth-order valence-electron chi connectivity index (χ4n) is 2.56. The number of benzene rings is 2. The summed E-state index contributed by atoms with van der Waals surface area (Å²) >= 11 is 0. The van der Waals surface area contributed by atoms with E-state index in [9.17, 15) is 9.59 Å². The van der Waals surface area contributed by atoms with E-state index < -0.39 is 5.91 Å². The fourth-order valence-corrected chi connectivity index (χ4v) is 2.56. The highest BCUT2D eigenvalue weighted by Gasteiger charge is 2.18. The Labute approximate surface area is 144 Å². The summed E-state index contributed by atoms with van der Waals surface area (Å²) in [5.41, 5.74) is 7.08. The van der Waals surface area contributed by atoms with Crippen LogP contribution in [-0.4, -0.2) is 35.7 Å². The van der Waals surface area contributed by atoms with Gasteiger partial charge in [0.15, 0.2) is 5.69 Å². The SMILES string of the molecule is CN1C(=O)CCOc2ccccc21.NC(=O)c1n[nH]c2ccccc12. The molecule has 0 radical (unpaired) electrons. The second kappa shape index (κ2) is 7.04. The van der Waals surface area contributed by atoms with Crippen LogP contribution in [0.1, 0.15) is 16.9 Å². The molecule has 1 aromatic heterocycles. The second-order valence-electron chi connectivity index (χ2n) is 5.50. The van der Waals surface area contributed by atoms with E-state index in [1.54, 1.807) is 18.0 Å². The monoisotopic (exact) mass is 338 g/mol. The number of carbonyl (C=O) groups excluding carboxylic acids is 2. The molecule has 0 saturated heterocycles. The number of fused-ring (bicyclic) bond motifs is 2. The van der Waals surface area contributed by atoms with Crippen LogP contribution in [0, 0.1) is 0 Å². The molecule has 7 heteroatoms. The van der Waals surface area contributed by atoms with Crippen LogP contribution in [0.2, 0.25) is 0 Å². The summed E-state index contributed by atoms with van der Waals surface area (Å²) in [6.45, 7) is 0.472. The highest BCUT2D eigenvalue weighted by Crippen LogP contribution is 2.29. The van der Waals surface area contributed by atoms with Crippen molar-refractivity contribution in [2.24, 2.45) is 5.73 Å². The van der Waals surface area contributed by atoms with Crippen molar-refractivity contribution in [1.29, 1.82) is 0 Å². The van der Waals surface area contributed by atoms with Gasteiger partial charge in [0, 0.05) is 12.4 Å². The van der Waals surface area contributed by atoms with Crippen molar-refractivity contribution in [2.75, 3.05) is 18.6 Å². The second-order valence-corrected chi connectivity index (χ2v) is 5.50. The van der Waals surface area contributed by atoms with Crippen molar-refractivity contribution in [3.63, 3.8) is 0 Å². The first-order valence-corrected chi connectivity index (χ1v) is 7.79. The average Bonchev–Trinajstić information content (AvgIpc) is 3.00. The third kappa shape index (κ3) is 3.45. The van der Waals surface area contributed by atoms with Gasteiger partial charge in [-0.3, -0.25) is 14.7 Å². The van der Waals surface area contributed by atoms with Gasteiger partial charge >= 0.3 is 0 Å². The van der Waals surface area contributed by atoms with Gasteiger partial charge in [0.05, 0.1) is 24.2 Å². The smallest absolute Gasteiger partial charge is 0.269 e. The van der Waals surface area contributed by atoms with E-state index in [4.69, 9.17) is 10.5 Å². The molecule has 2 amide bonds. The molecule has 4 rings (SSSR count). The lowest BCUT2D eigenvalue weighted by Crippen LogP contribution is -2.24. The van der Waals surface area contributed by atoms with E-state index in [1.165, 1.54) is 0 Å². The molecule has 0 aliphatic carbocycles. The number of anilines is 1. The number of H-pyrrole nitrogens is 1. The summed E-state index contributed by atoms with van der Waals surface area (Å²) in [7, 11) is 1.77. The molecule has 0 unspecified atom stereocenters. The number of nitrogens with one attached hydrogen (secondary N) is 1. The standard InChI is InChI=1S/C10H11NO2.C8H7N3O/c1-11-8-4-2-3-5-9(8)13-7-6-10(11)12;9-8(12)7-5-3-1-2-4-6(5)10-11-7/h2-5H,6-7H2,1H3;1-4H,(H2,9,12)(H,10,11). The van der Waals surface area contributed by atoms with E-state index >= 15 is 0 Å². The Bertz CT molecular complexity index is 919. The molecule has 0 spiro atoms. The van der Waals surface area contributed by atoms with Crippen LogP contribution in [-0.2, 0) is 4.79 Å². The van der Waals surface area contributed by atoms with E-state index in [2.05, 4.69) is 10.2 Å². The number of carbonyl (C=O) groups is 2. The van der Waals surface area contributed by atoms with Crippen molar-refractivity contribution in [3.8, 4) is 5.75 Å². The maximum absolute atomic E-state index is 11.4. The Balaban J connectivity index is 0.000000146. The minimum absolute atomic E-state index is 0.102. The summed E-state index contributed by atoms with van der Waals surface area (Å²) < 4.78 is 5.43. The summed E-state index contributed by atoms with van der Waals surface area (Å²) in [5.74, 6) is 0.383. The summed E-state index contributed by atoms with van der Waals surface area (Å²) in [6, 6.07) is 14.9. The number of nitrogens with two attached hydrogens (primary N) is 1. The van der Waals surface area contributed by atoms with E-state index in [0.29, 0.717) is 18.7 Å². The molecule has 0 bridgehead atoms. The van der Waals surface area contributed by atoms with Crippen molar-refractivity contribution < 1.29 is 14.3 Å². The molecular weight excluding hydrogens is 320 g/mol. The van der Waals surface area contributed by atoms with Crippen molar-refractivity contribution in [1.82, 2.24) is 10.2 Å². The molecule has 0 atom stereocenters. The number of ether oxygens (including phenoxy) is 1. The van der Waals surface area contributed by atoms with Gasteiger partial charge in [-0.15, -0.1) is 0 Å². The molecule has 0 fully saturated rings. The topological polar surface area (TPSA) is 101 Å². The lowest BCUT2D eigenvalue weighted by atomic mass is 10.2. The lowest BCUT2D eigenvalue weighted by molar-refractivity contribution is -0.118. The molecule has 3 N–H and O–H groups in total. The van der Waals surface area contributed by atoms with Gasteiger partial charge < -0.3 is 15.4 Å². The van der Waals surface area contributed by atoms with E-state index in [0.717, 1.165) is 22.3 Å². The zero-order valence-corrected chi connectivity index (χ0v) is 13.7. The summed E-state index contributed by atoms with van der Waals surface area (Å²) in [6.07, 6.45) is 0.450. The number of aromatic nitrogens is 2. The molecule has 3 aromatic rings. The number of para-hydroxylation sites is 3. The number of amides is 2. The van der Waals surface area contributed by atoms with Crippen molar-refractivity contribution in [3.05, 3.63) is 54.2 Å². The normalized spacial score (nSPS) is 13.3. The van der Waals surface area contributed by atoms with Crippen LogP contribution < -0.4 is 15.4 Å². The number of aromatic amines is 1. The van der Waals surface area contributed by atoms with Gasteiger partial charge in [0.25, 0.3) is 5.91 Å². The largest absolute Gasteiger partial charge is 0.491 e. The van der Waals surface area contributed by atoms with E-state index in [1.807, 2.05) is 42.5 Å². The van der Waals surface area contributed by atoms with Crippen LogP contribution in [0.5, 0.6) is 5.75 Å². The number of hydrogen-bond acceptors (Lipinski definition) is 4. The zero-order valence-electron chi connectivity index (χ0n) is 13.7. The van der Waals surface area contributed by atoms with Gasteiger partial charge in [0.2, 0.25) is 5.91 Å². The molecule has 128 valence electrons. The fraction of sp³-hybridized carbons (Fsp3) is 0.167. The molecule has 2 aromatic carbocycles. The van der Waals surface area contributed by atoms with Crippen molar-refractivity contribution in [2.45, 2.75) is 6.42 Å². The Kier molecular flexibility index (Phi) is 4.65. The van der Waals surface area contributed by atoms with Crippen LogP contribution in [0.3, 0.4) is 0 Å². The molecule has 7 nitrogen and oxygen atoms in total. The third-order valence-corrected chi connectivity index (χ3v) is 3.88. The molecular formula is C18H18N4O3. The summed E-state index contributed by atoms with van der Waals surface area (Å²) in [4.78, 5) is 23.9. The number of primary amides is 1. The third-order valence-electron chi connectivity index (χ3n) is 3.88. The highest BCUT2D eigenvalue weighted by atomic mass is 16.5. The quantitative estimate of drug-likeness (QED) is 0.709. The van der Waals surface area contributed by atoms with Gasteiger partial charge in [-0.1, -0.05) is 30.3 Å². The minimum Gasteiger partial charge on any atom is -0.491 e. The number of nitrogens with zero attached hydrogens (tertiary/aromatic N) is 2. The molecule has 1 aliphatic heterocycles. The van der Waals surface area contributed by atoms with E-state index in [-0.39, 0.29) is 5.91 Å². The predicted octanol–water partition coefficient (Wildman–Crippen LogP) is 2.09. The Morgan fingerprint density at radius 2 is 1.92 bits per heavy atom. The van der Waals surface area contributed by atoms with Crippen LogP contribution >= 0.6 is 0 Å². The van der Waals surface area contributed by atoms with Gasteiger partial charge in [-0.25, -0.2) is 0 Å². The molecule has 2 heterocycles. The molecule has 0 saturated carbocycles. The van der Waals surface area contributed by atoms with Gasteiger partial charge in [-0.05, 0) is 18.2 Å². The number of hydrogen-bond donors (Lipinski definition) is 2. The summed E-state index contributed by atoms with van der Waals surface area (Å²) in [5, 5.41) is 7.28. The number of rotatable bonds is 1. The van der Waals surface area contributed by atoms with Gasteiger partial charge in [0.1, 0.15) is 5.75 Å². The maximum Gasteiger partial charge on any atom is 0.269 e. The lowest BCUT2D eigenvalue weighted by Gasteiger charge is -2.15. The van der Waals surface area contributed by atoms with Crippen molar-refractivity contribution >= 4 is 28.4 Å². The first-order valence-electron chi connectivity index (χ1n) is 7.79. The highest BCUT2D eigenvalue weighted by molar-refractivity contribution is 6.03. The Morgan fingerprint density at radius 1 is 1.20 bits per heavy atom. The minimum atomic E-state index is -0.507. The first kappa shape index (κ1) is 16.5. The first-order chi connectivity index (χ1) is 12.1. The Hall–Kier alpha value is -3.35. The Morgan fingerprint density at radius 3 is 2.72 bits per heavy atom. The molecule has 25 heavy (non-hydrogen) atoms. The molecule has 1 aliphatic rings.